The Hall–Kier alpha value is -1.90. The molecule has 1 fully saturated rings. The van der Waals surface area contributed by atoms with Gasteiger partial charge in [-0.3, -0.25) is 0 Å². The van der Waals surface area contributed by atoms with Crippen LogP contribution < -0.4 is 10.0 Å². The number of esters is 1. The highest BCUT2D eigenvalue weighted by molar-refractivity contribution is 7.89. The molecule has 1 saturated heterocycles. The Morgan fingerprint density at radius 3 is 2.88 bits per heavy atom. The van der Waals surface area contributed by atoms with Gasteiger partial charge >= 0.3 is 5.97 Å². The minimum Gasteiger partial charge on any atom is -0.460 e. The Bertz CT molecular complexity index is 919. The fourth-order valence-electron chi connectivity index (χ4n) is 3.23. The molecular formula is C18H24N2O5S. The fraction of sp³-hybridized carbons (Fsp3) is 0.500. The number of rotatable bonds is 5. The molecule has 0 saturated carbocycles. The number of ether oxygens (including phenoxy) is 1. The molecule has 142 valence electrons. The minimum absolute atomic E-state index is 0.0772. The van der Waals surface area contributed by atoms with Crippen molar-refractivity contribution >= 4 is 27.0 Å². The van der Waals surface area contributed by atoms with Crippen LogP contribution in [0.3, 0.4) is 0 Å². The highest BCUT2D eigenvalue weighted by atomic mass is 32.2. The van der Waals surface area contributed by atoms with E-state index in [4.69, 9.17) is 9.15 Å². The number of nitrogens with one attached hydrogen (secondary N) is 2. The van der Waals surface area contributed by atoms with Gasteiger partial charge in [0.1, 0.15) is 5.58 Å². The van der Waals surface area contributed by atoms with Crippen molar-refractivity contribution in [3.63, 3.8) is 0 Å². The van der Waals surface area contributed by atoms with Gasteiger partial charge in [-0.05, 0) is 58.4 Å². The van der Waals surface area contributed by atoms with E-state index in [1.165, 1.54) is 6.07 Å². The maximum Gasteiger partial charge on any atom is 0.374 e. The van der Waals surface area contributed by atoms with Crippen molar-refractivity contribution < 1.29 is 22.4 Å². The van der Waals surface area contributed by atoms with Crippen molar-refractivity contribution in [3.8, 4) is 0 Å². The fourth-order valence-corrected chi connectivity index (χ4v) is 4.61. The SMILES string of the molecule is CCOC(=O)c1oc2ccc(S(=O)(=O)NC3CCCNC3C)cc2c1C. The van der Waals surface area contributed by atoms with Gasteiger partial charge in [0.15, 0.2) is 0 Å². The van der Waals surface area contributed by atoms with Crippen LogP contribution in [0, 0.1) is 6.92 Å². The lowest BCUT2D eigenvalue weighted by molar-refractivity contribution is 0.0491. The molecule has 0 spiro atoms. The van der Waals surface area contributed by atoms with E-state index < -0.39 is 16.0 Å². The number of carbonyl (C=O) groups excluding carboxylic acids is 1. The molecule has 7 nitrogen and oxygen atoms in total. The van der Waals surface area contributed by atoms with Crippen LogP contribution in [0.15, 0.2) is 27.5 Å². The van der Waals surface area contributed by atoms with E-state index >= 15 is 0 Å². The Morgan fingerprint density at radius 2 is 2.19 bits per heavy atom. The second kappa shape index (κ2) is 7.38. The minimum atomic E-state index is -3.67. The van der Waals surface area contributed by atoms with Crippen molar-refractivity contribution in [2.45, 2.75) is 50.6 Å². The summed E-state index contributed by atoms with van der Waals surface area (Å²) in [6, 6.07) is 4.53. The highest BCUT2D eigenvalue weighted by Gasteiger charge is 2.27. The maximum absolute atomic E-state index is 12.8. The molecule has 1 aliphatic rings. The van der Waals surface area contributed by atoms with Crippen molar-refractivity contribution in [2.75, 3.05) is 13.2 Å². The van der Waals surface area contributed by atoms with Gasteiger partial charge in [0, 0.05) is 23.0 Å². The van der Waals surface area contributed by atoms with Crippen LogP contribution in [0.1, 0.15) is 42.8 Å². The first-order valence-electron chi connectivity index (χ1n) is 8.79. The van der Waals surface area contributed by atoms with Gasteiger partial charge in [-0.25, -0.2) is 17.9 Å². The van der Waals surface area contributed by atoms with Crippen LogP contribution in [0.2, 0.25) is 0 Å². The second-order valence-corrected chi connectivity index (χ2v) is 8.26. The molecule has 2 N–H and O–H groups in total. The number of hydrogen-bond donors (Lipinski definition) is 2. The molecule has 0 amide bonds. The Kier molecular flexibility index (Phi) is 5.36. The second-order valence-electron chi connectivity index (χ2n) is 6.55. The molecule has 1 aromatic heterocycles. The van der Waals surface area contributed by atoms with Crippen LogP contribution in [0.4, 0.5) is 0 Å². The van der Waals surface area contributed by atoms with Crippen molar-refractivity contribution in [3.05, 3.63) is 29.5 Å². The van der Waals surface area contributed by atoms with Gasteiger partial charge in [0.2, 0.25) is 15.8 Å². The number of benzene rings is 1. The third-order valence-electron chi connectivity index (χ3n) is 4.75. The number of piperidine rings is 1. The summed E-state index contributed by atoms with van der Waals surface area (Å²) >= 11 is 0. The van der Waals surface area contributed by atoms with Crippen molar-refractivity contribution in [2.24, 2.45) is 0 Å². The Labute approximate surface area is 153 Å². The van der Waals surface area contributed by atoms with E-state index in [9.17, 15) is 13.2 Å². The van der Waals surface area contributed by atoms with Crippen LogP contribution in [0.25, 0.3) is 11.0 Å². The number of furan rings is 1. The zero-order valence-corrected chi connectivity index (χ0v) is 16.0. The maximum atomic E-state index is 12.8. The predicted octanol–water partition coefficient (Wildman–Crippen LogP) is 2.34. The normalized spacial score (nSPS) is 21.0. The third kappa shape index (κ3) is 3.62. The molecule has 2 heterocycles. The Balaban J connectivity index is 1.92. The zero-order chi connectivity index (χ0) is 18.9. The molecule has 0 aliphatic carbocycles. The van der Waals surface area contributed by atoms with Gasteiger partial charge in [0.25, 0.3) is 0 Å². The average Bonchev–Trinajstić information content (AvgIpc) is 2.93. The molecule has 26 heavy (non-hydrogen) atoms. The summed E-state index contributed by atoms with van der Waals surface area (Å²) in [4.78, 5) is 12.1. The third-order valence-corrected chi connectivity index (χ3v) is 6.23. The van der Waals surface area contributed by atoms with Gasteiger partial charge in [-0.1, -0.05) is 0 Å². The van der Waals surface area contributed by atoms with Gasteiger partial charge in [0.05, 0.1) is 11.5 Å². The van der Waals surface area contributed by atoms with Crippen LogP contribution in [-0.4, -0.2) is 39.6 Å². The molecular weight excluding hydrogens is 356 g/mol. The lowest BCUT2D eigenvalue weighted by Crippen LogP contribution is -2.51. The van der Waals surface area contributed by atoms with Crippen molar-refractivity contribution in [1.29, 1.82) is 0 Å². The van der Waals surface area contributed by atoms with Crippen LogP contribution >= 0.6 is 0 Å². The number of sulfonamides is 1. The largest absolute Gasteiger partial charge is 0.460 e. The molecule has 2 atom stereocenters. The van der Waals surface area contributed by atoms with Gasteiger partial charge < -0.3 is 14.5 Å². The summed E-state index contributed by atoms with van der Waals surface area (Å²) in [5.41, 5.74) is 1.03. The molecule has 1 aliphatic heterocycles. The smallest absolute Gasteiger partial charge is 0.374 e. The first kappa shape index (κ1) is 18.9. The molecule has 0 bridgehead atoms. The number of aryl methyl sites for hydroxylation is 1. The predicted molar refractivity (Wildman–Crippen MR) is 97.7 cm³/mol. The van der Waals surface area contributed by atoms with E-state index in [1.54, 1.807) is 26.0 Å². The first-order valence-corrected chi connectivity index (χ1v) is 10.3. The summed E-state index contributed by atoms with van der Waals surface area (Å²) in [6.07, 6.45) is 1.73. The van der Waals surface area contributed by atoms with Gasteiger partial charge in [-0.2, -0.15) is 0 Å². The molecule has 2 unspecified atom stereocenters. The zero-order valence-electron chi connectivity index (χ0n) is 15.2. The number of hydrogen-bond acceptors (Lipinski definition) is 6. The highest BCUT2D eigenvalue weighted by Crippen LogP contribution is 2.28. The van der Waals surface area contributed by atoms with Crippen LogP contribution in [-0.2, 0) is 14.8 Å². The van der Waals surface area contributed by atoms with E-state index in [-0.39, 0.29) is 29.3 Å². The van der Waals surface area contributed by atoms with E-state index in [0.717, 1.165) is 19.4 Å². The van der Waals surface area contributed by atoms with Crippen molar-refractivity contribution in [1.82, 2.24) is 10.0 Å². The monoisotopic (exact) mass is 380 g/mol. The van der Waals surface area contributed by atoms with E-state index in [0.29, 0.717) is 16.5 Å². The molecule has 3 rings (SSSR count). The average molecular weight is 380 g/mol. The summed E-state index contributed by atoms with van der Waals surface area (Å²) in [5.74, 6) is -0.444. The lowest BCUT2D eigenvalue weighted by atomic mass is 10.0. The summed E-state index contributed by atoms with van der Waals surface area (Å²) < 4.78 is 38.9. The summed E-state index contributed by atoms with van der Waals surface area (Å²) in [7, 11) is -3.67. The standard InChI is InChI=1S/C18H24N2O5S/c1-4-24-18(21)17-11(2)14-10-13(7-8-16(14)25-17)26(22,23)20-15-6-5-9-19-12(15)3/h7-8,10,12,15,19-20H,4-6,9H2,1-3H3. The van der Waals surface area contributed by atoms with Crippen LogP contribution in [0.5, 0.6) is 0 Å². The number of carbonyl (C=O) groups is 1. The topological polar surface area (TPSA) is 97.6 Å². The summed E-state index contributed by atoms with van der Waals surface area (Å²) in [5, 5.41) is 3.87. The number of fused-ring (bicyclic) bond motifs is 1. The van der Waals surface area contributed by atoms with E-state index in [2.05, 4.69) is 10.0 Å². The Morgan fingerprint density at radius 1 is 1.42 bits per heavy atom. The molecule has 0 radical (unpaired) electrons. The van der Waals surface area contributed by atoms with Gasteiger partial charge in [-0.15, -0.1) is 0 Å². The molecule has 1 aromatic carbocycles. The first-order chi connectivity index (χ1) is 12.3. The lowest BCUT2D eigenvalue weighted by Gasteiger charge is -2.30. The molecule has 8 heteroatoms. The summed E-state index contributed by atoms with van der Waals surface area (Å²) in [6.45, 7) is 6.55. The molecule has 2 aromatic rings. The quantitative estimate of drug-likeness (QED) is 0.773. The van der Waals surface area contributed by atoms with E-state index in [1.807, 2.05) is 6.92 Å².